The number of thioether (sulfide) groups is 1. The minimum absolute atomic E-state index is 0.0889. The number of aliphatic hydroxyl groups excluding tert-OH is 1. The predicted molar refractivity (Wildman–Crippen MR) is 174 cm³/mol. The minimum atomic E-state index is -3.07. The van der Waals surface area contributed by atoms with Gasteiger partial charge < -0.3 is 25.4 Å². The summed E-state index contributed by atoms with van der Waals surface area (Å²) in [5, 5.41) is 36.1. The monoisotopic (exact) mass is 667 g/mol. The van der Waals surface area contributed by atoms with Gasteiger partial charge in [0.1, 0.15) is 18.0 Å². The number of hydrogen-bond donors (Lipinski definition) is 3. The van der Waals surface area contributed by atoms with Gasteiger partial charge in [-0.15, -0.1) is 11.8 Å². The van der Waals surface area contributed by atoms with E-state index in [2.05, 4.69) is 31.9 Å². The third kappa shape index (κ3) is 8.56. The average Bonchev–Trinajstić information content (AvgIpc) is 3.64. The molecule has 1 saturated heterocycles. The molecule has 1 unspecified atom stereocenters. The lowest BCUT2D eigenvalue weighted by atomic mass is 9.94. The quantitative estimate of drug-likeness (QED) is 0.133. The Morgan fingerprint density at radius 2 is 2.04 bits per heavy atom. The number of aromatic nitrogens is 5. The van der Waals surface area contributed by atoms with Gasteiger partial charge in [-0.05, 0) is 51.0 Å². The molecule has 3 aromatic heterocycles. The number of alkyl halides is 2. The van der Waals surface area contributed by atoms with Gasteiger partial charge in [-0.3, -0.25) is 9.48 Å². The lowest BCUT2D eigenvalue weighted by molar-refractivity contribution is -0.133. The highest BCUT2D eigenvalue weighted by Crippen LogP contribution is 2.39. The maximum Gasteiger partial charge on any atom is 0.387 e. The zero-order chi connectivity index (χ0) is 33.7. The number of aliphatic hydroxyl groups is 1. The van der Waals surface area contributed by atoms with Gasteiger partial charge in [0, 0.05) is 60.0 Å². The molecule has 0 aliphatic carbocycles. The Labute approximate surface area is 276 Å². The molecule has 0 bridgehead atoms. The van der Waals surface area contributed by atoms with Crippen molar-refractivity contribution in [3.8, 4) is 23.1 Å². The molecule has 0 saturated carbocycles. The average molecular weight is 668 g/mol. The number of fused-ring (bicyclic) bond motifs is 1. The fraction of sp³-hybridized carbons (Fsp3) is 0.469. The number of benzene rings is 1. The van der Waals surface area contributed by atoms with E-state index in [1.807, 2.05) is 27.7 Å². The van der Waals surface area contributed by atoms with E-state index in [0.29, 0.717) is 36.5 Å². The van der Waals surface area contributed by atoms with Crippen LogP contribution in [0.25, 0.3) is 16.9 Å². The van der Waals surface area contributed by atoms with E-state index in [4.69, 9.17) is 4.74 Å². The minimum Gasteiger partial charge on any atom is -0.434 e. The number of carbonyl (C=O) groups is 1. The topological polar surface area (TPSA) is 146 Å². The molecular formula is C32H39F2N9O3S. The van der Waals surface area contributed by atoms with Gasteiger partial charge in [0.25, 0.3) is 0 Å². The molecule has 1 aromatic carbocycles. The number of halogens is 2. The number of hydrogen-bond acceptors (Lipinski definition) is 10. The number of anilines is 1. The number of piperidine rings is 1. The van der Waals surface area contributed by atoms with Crippen LogP contribution in [0.2, 0.25) is 0 Å². The number of rotatable bonds is 13. The summed E-state index contributed by atoms with van der Waals surface area (Å²) in [5.74, 6) is -0.240. The standard InChI is InChI=1S/C32H39F2N9O3S/c1-20(2)47-22-6-7-26(46-31(33)34)23(14-22)28-25(39-30(45)24-15-38-43-11-5-10-36-29(24)43)16-42(40-28)17-27(44)41-12-8-21(9-13-41)37-19-32(3,4)18-35/h5-7,10-11,14-16,20-21,30-31,37,39,45H,8-9,12-13,17,19H2,1-4H3. The third-order valence-corrected chi connectivity index (χ3v) is 8.73. The van der Waals surface area contributed by atoms with Crippen LogP contribution in [0.5, 0.6) is 5.75 Å². The molecule has 12 nitrogen and oxygen atoms in total. The molecule has 1 aliphatic rings. The maximum absolute atomic E-state index is 13.5. The Hall–Kier alpha value is -4.26. The lowest BCUT2D eigenvalue weighted by Crippen LogP contribution is -2.47. The number of ether oxygens (including phenoxy) is 1. The molecule has 4 aromatic rings. The predicted octanol–water partition coefficient (Wildman–Crippen LogP) is 4.93. The Morgan fingerprint density at radius 1 is 1.28 bits per heavy atom. The number of nitrogens with zero attached hydrogens (tertiary/aromatic N) is 7. The van der Waals surface area contributed by atoms with Crippen LogP contribution in [0.1, 0.15) is 52.3 Å². The fourth-order valence-corrected chi connectivity index (χ4v) is 6.20. The van der Waals surface area contributed by atoms with E-state index in [9.17, 15) is 23.9 Å². The lowest BCUT2D eigenvalue weighted by Gasteiger charge is -2.33. The van der Waals surface area contributed by atoms with Crippen molar-refractivity contribution in [3.05, 3.63) is 54.6 Å². The van der Waals surface area contributed by atoms with Crippen LogP contribution in [0.3, 0.4) is 0 Å². The van der Waals surface area contributed by atoms with E-state index in [-0.39, 0.29) is 40.8 Å². The van der Waals surface area contributed by atoms with Crippen molar-refractivity contribution in [2.24, 2.45) is 5.41 Å². The molecule has 1 atom stereocenters. The first-order chi connectivity index (χ1) is 22.4. The van der Waals surface area contributed by atoms with Gasteiger partial charge in [0.2, 0.25) is 5.91 Å². The van der Waals surface area contributed by atoms with E-state index in [0.717, 1.165) is 17.7 Å². The van der Waals surface area contributed by atoms with E-state index < -0.39 is 18.3 Å². The third-order valence-electron chi connectivity index (χ3n) is 7.73. The Morgan fingerprint density at radius 3 is 2.74 bits per heavy atom. The van der Waals surface area contributed by atoms with Crippen LogP contribution >= 0.6 is 11.8 Å². The van der Waals surface area contributed by atoms with Crippen molar-refractivity contribution in [1.82, 2.24) is 34.6 Å². The molecule has 1 amide bonds. The molecule has 0 radical (unpaired) electrons. The van der Waals surface area contributed by atoms with Crippen LogP contribution in [-0.2, 0) is 11.3 Å². The molecule has 1 fully saturated rings. The van der Waals surface area contributed by atoms with Crippen molar-refractivity contribution in [1.29, 1.82) is 5.26 Å². The fourth-order valence-electron chi connectivity index (χ4n) is 5.32. The Balaban J connectivity index is 1.41. The first-order valence-corrected chi connectivity index (χ1v) is 16.3. The second kappa shape index (κ2) is 14.7. The van der Waals surface area contributed by atoms with Gasteiger partial charge in [-0.25, -0.2) is 9.50 Å². The van der Waals surface area contributed by atoms with Crippen LogP contribution in [-0.4, -0.2) is 77.8 Å². The molecule has 1 aliphatic heterocycles. The molecule has 5 rings (SSSR count). The maximum atomic E-state index is 13.5. The second-order valence-corrected chi connectivity index (χ2v) is 14.0. The number of amides is 1. The van der Waals surface area contributed by atoms with Crippen LogP contribution in [0.15, 0.2) is 53.9 Å². The zero-order valence-electron chi connectivity index (χ0n) is 26.7. The summed E-state index contributed by atoms with van der Waals surface area (Å²) in [6, 6.07) is 9.11. The SMILES string of the molecule is CC(C)Sc1ccc(OC(F)F)c(-c2nn(CC(=O)N3CCC(NCC(C)(C)C#N)CC3)cc2NC(O)c2cnn3cccnc23)c1. The molecule has 15 heteroatoms. The van der Waals surface area contributed by atoms with Crippen LogP contribution < -0.4 is 15.4 Å². The second-order valence-electron chi connectivity index (χ2n) is 12.4. The number of likely N-dealkylation sites (tertiary alicyclic amines) is 1. The van der Waals surface area contributed by atoms with Crippen LogP contribution in [0.4, 0.5) is 14.5 Å². The van der Waals surface area contributed by atoms with Gasteiger partial charge in [-0.1, -0.05) is 13.8 Å². The first kappa shape index (κ1) is 34.1. The molecule has 3 N–H and O–H groups in total. The molecule has 250 valence electrons. The van der Waals surface area contributed by atoms with Crippen molar-refractivity contribution < 1.29 is 23.4 Å². The first-order valence-electron chi connectivity index (χ1n) is 15.4. The summed E-state index contributed by atoms with van der Waals surface area (Å²) in [5.41, 5.74) is 1.16. The summed E-state index contributed by atoms with van der Waals surface area (Å²) in [7, 11) is 0. The summed E-state index contributed by atoms with van der Waals surface area (Å²) in [6.45, 7) is 6.30. The smallest absolute Gasteiger partial charge is 0.387 e. The van der Waals surface area contributed by atoms with Gasteiger partial charge in [-0.2, -0.15) is 24.2 Å². The van der Waals surface area contributed by atoms with Crippen molar-refractivity contribution in [2.75, 3.05) is 25.0 Å². The molecular weight excluding hydrogens is 628 g/mol. The number of nitriles is 1. The Kier molecular flexibility index (Phi) is 10.6. The number of carbonyl (C=O) groups excluding carboxylic acids is 1. The molecule has 4 heterocycles. The molecule has 47 heavy (non-hydrogen) atoms. The molecule has 0 spiro atoms. The van der Waals surface area contributed by atoms with Crippen molar-refractivity contribution in [2.45, 2.75) is 76.1 Å². The zero-order valence-corrected chi connectivity index (χ0v) is 27.5. The van der Waals surface area contributed by atoms with Crippen molar-refractivity contribution >= 4 is 29.0 Å². The summed E-state index contributed by atoms with van der Waals surface area (Å²) in [6.07, 6.45) is 6.55. The van der Waals surface area contributed by atoms with E-state index in [1.165, 1.54) is 21.5 Å². The van der Waals surface area contributed by atoms with Crippen LogP contribution in [0, 0.1) is 16.7 Å². The highest BCUT2D eigenvalue weighted by molar-refractivity contribution is 7.99. The summed E-state index contributed by atoms with van der Waals surface area (Å²) >= 11 is 1.55. The van der Waals surface area contributed by atoms with E-state index >= 15 is 0 Å². The van der Waals surface area contributed by atoms with E-state index in [1.54, 1.807) is 53.5 Å². The highest BCUT2D eigenvalue weighted by atomic mass is 32.2. The van der Waals surface area contributed by atoms with Gasteiger partial charge >= 0.3 is 6.61 Å². The summed E-state index contributed by atoms with van der Waals surface area (Å²) in [4.78, 5) is 20.3. The Bertz CT molecular complexity index is 1730. The van der Waals surface area contributed by atoms with Crippen molar-refractivity contribution in [3.63, 3.8) is 0 Å². The highest BCUT2D eigenvalue weighted by Gasteiger charge is 2.27. The van der Waals surface area contributed by atoms with Gasteiger partial charge in [0.05, 0.1) is 28.9 Å². The largest absolute Gasteiger partial charge is 0.434 e. The summed E-state index contributed by atoms with van der Waals surface area (Å²) < 4.78 is 34.9. The number of nitrogens with one attached hydrogen (secondary N) is 2. The normalized spacial score (nSPS) is 14.9. The van der Waals surface area contributed by atoms with Gasteiger partial charge in [0.15, 0.2) is 11.9 Å².